The molecule has 0 aliphatic rings. The number of hydrogen-bond acceptors (Lipinski definition) is 4. The Bertz CT molecular complexity index is 897. The first-order chi connectivity index (χ1) is 14.8. The lowest BCUT2D eigenvalue weighted by atomic mass is 10.1. The molecule has 8 heteroatoms. The lowest BCUT2D eigenvalue weighted by molar-refractivity contribution is -0.862. The van der Waals surface area contributed by atoms with Gasteiger partial charge >= 0.3 is 0 Å². The second-order valence-corrected chi connectivity index (χ2v) is 7.54. The highest BCUT2D eigenvalue weighted by Crippen LogP contribution is 2.19. The monoisotopic (exact) mass is 427 g/mol. The largest absolute Gasteiger partial charge is 0.494 e. The maximum Gasteiger partial charge on any atom is 0.279 e. The van der Waals surface area contributed by atoms with Gasteiger partial charge in [0.25, 0.3) is 17.7 Å². The van der Waals surface area contributed by atoms with Gasteiger partial charge in [0.1, 0.15) is 5.75 Å². The van der Waals surface area contributed by atoms with Crippen molar-refractivity contribution in [3.05, 3.63) is 54.1 Å². The first kappa shape index (κ1) is 23.9. The topological polar surface area (TPSA) is 101 Å². The first-order valence-electron chi connectivity index (χ1n) is 10.3. The second kappa shape index (κ2) is 11.7. The molecule has 3 amide bonds. The number of benzene rings is 2. The molecule has 1 unspecified atom stereocenters. The molecule has 1 atom stereocenters. The molecule has 0 saturated carbocycles. The van der Waals surface area contributed by atoms with Crippen molar-refractivity contribution in [1.29, 1.82) is 0 Å². The van der Waals surface area contributed by atoms with Gasteiger partial charge in [0.05, 0.1) is 24.9 Å². The first-order valence-corrected chi connectivity index (χ1v) is 10.3. The van der Waals surface area contributed by atoms with Crippen LogP contribution in [0.2, 0.25) is 0 Å². The number of carbonyl (C=O) groups excluding carboxylic acids is 3. The van der Waals surface area contributed by atoms with E-state index < -0.39 is 0 Å². The molecule has 0 spiro atoms. The lowest BCUT2D eigenvalue weighted by Crippen LogP contribution is -3.11. The summed E-state index contributed by atoms with van der Waals surface area (Å²) in [7, 11) is 1.77. The van der Waals surface area contributed by atoms with Crippen LogP contribution in [0.5, 0.6) is 5.75 Å². The van der Waals surface area contributed by atoms with Crippen molar-refractivity contribution in [2.24, 2.45) is 0 Å². The van der Waals surface area contributed by atoms with Crippen molar-refractivity contribution in [2.75, 3.05) is 37.4 Å². The van der Waals surface area contributed by atoms with Gasteiger partial charge in [0, 0.05) is 11.7 Å². The molecule has 2 aromatic rings. The zero-order valence-corrected chi connectivity index (χ0v) is 18.5. The predicted molar refractivity (Wildman–Crippen MR) is 121 cm³/mol. The van der Waals surface area contributed by atoms with Crippen LogP contribution in [0, 0.1) is 0 Å². The fourth-order valence-electron chi connectivity index (χ4n) is 2.97. The second-order valence-electron chi connectivity index (χ2n) is 7.54. The Balaban J connectivity index is 1.98. The predicted octanol–water partition coefficient (Wildman–Crippen LogP) is 1.32. The lowest BCUT2D eigenvalue weighted by Gasteiger charge is -2.16. The fourth-order valence-corrected chi connectivity index (χ4v) is 2.97. The van der Waals surface area contributed by atoms with Crippen LogP contribution in [0.1, 0.15) is 31.1 Å². The minimum atomic E-state index is -0.336. The molecule has 2 rings (SSSR count). The van der Waals surface area contributed by atoms with Crippen LogP contribution >= 0.6 is 0 Å². The number of carbonyl (C=O) groups is 3. The summed E-state index contributed by atoms with van der Waals surface area (Å²) in [6, 6.07) is 13.9. The van der Waals surface area contributed by atoms with E-state index in [1.807, 2.05) is 20.8 Å². The van der Waals surface area contributed by atoms with Crippen LogP contribution in [0.4, 0.5) is 11.4 Å². The quantitative estimate of drug-likeness (QED) is 0.459. The van der Waals surface area contributed by atoms with E-state index in [2.05, 4.69) is 16.0 Å². The standard InChI is InChI=1S/C23H30N4O4/c1-5-31-18-12-10-17(11-13-18)25-23(30)19-8-6-7-9-20(19)26-22(29)15-27(4)14-21(28)24-16(2)3/h6-13,16H,5,14-15H2,1-4H3,(H,24,28)(H,25,30)(H,26,29)/p+1. The van der Waals surface area contributed by atoms with Gasteiger partial charge in [-0.15, -0.1) is 0 Å². The molecule has 0 aromatic heterocycles. The fraction of sp³-hybridized carbons (Fsp3) is 0.348. The van der Waals surface area contributed by atoms with Crippen molar-refractivity contribution >= 4 is 29.1 Å². The molecule has 0 aliphatic heterocycles. The molecule has 31 heavy (non-hydrogen) atoms. The molecule has 2 aromatic carbocycles. The van der Waals surface area contributed by atoms with Crippen molar-refractivity contribution in [3.63, 3.8) is 0 Å². The SMILES string of the molecule is CCOc1ccc(NC(=O)c2ccccc2NC(=O)C[NH+](C)CC(=O)NC(C)C)cc1. The number of para-hydroxylation sites is 1. The van der Waals surface area contributed by atoms with Gasteiger partial charge in [0.2, 0.25) is 0 Å². The van der Waals surface area contributed by atoms with Crippen LogP contribution in [0.25, 0.3) is 0 Å². The van der Waals surface area contributed by atoms with Gasteiger partial charge in [-0.3, -0.25) is 14.4 Å². The van der Waals surface area contributed by atoms with E-state index in [1.165, 1.54) is 0 Å². The number of anilines is 2. The zero-order chi connectivity index (χ0) is 22.8. The highest BCUT2D eigenvalue weighted by molar-refractivity contribution is 6.10. The van der Waals surface area contributed by atoms with E-state index in [-0.39, 0.29) is 36.9 Å². The van der Waals surface area contributed by atoms with E-state index in [4.69, 9.17) is 4.74 Å². The highest BCUT2D eigenvalue weighted by Gasteiger charge is 2.17. The van der Waals surface area contributed by atoms with Crippen molar-refractivity contribution in [1.82, 2.24) is 5.32 Å². The molecular formula is C23H31N4O4+. The van der Waals surface area contributed by atoms with Crippen molar-refractivity contribution < 1.29 is 24.0 Å². The normalized spacial score (nSPS) is 11.5. The zero-order valence-electron chi connectivity index (χ0n) is 18.5. The summed E-state index contributed by atoms with van der Waals surface area (Å²) in [4.78, 5) is 37.8. The average Bonchev–Trinajstić information content (AvgIpc) is 2.69. The van der Waals surface area contributed by atoms with Crippen LogP contribution in [-0.4, -0.2) is 50.5 Å². The van der Waals surface area contributed by atoms with E-state index in [0.29, 0.717) is 23.5 Å². The Morgan fingerprint density at radius 2 is 1.58 bits per heavy atom. The molecule has 8 nitrogen and oxygen atoms in total. The van der Waals surface area contributed by atoms with Crippen molar-refractivity contribution in [2.45, 2.75) is 26.8 Å². The Kier molecular flexibility index (Phi) is 9.02. The van der Waals surface area contributed by atoms with Gasteiger partial charge in [-0.25, -0.2) is 0 Å². The average molecular weight is 428 g/mol. The summed E-state index contributed by atoms with van der Waals surface area (Å²) in [5.74, 6) is -0.00877. The molecular weight excluding hydrogens is 396 g/mol. The van der Waals surface area contributed by atoms with Gasteiger partial charge in [-0.05, 0) is 57.2 Å². The number of rotatable bonds is 10. The van der Waals surface area contributed by atoms with Crippen LogP contribution in [0.3, 0.4) is 0 Å². The molecule has 0 radical (unpaired) electrons. The molecule has 0 saturated heterocycles. The highest BCUT2D eigenvalue weighted by atomic mass is 16.5. The molecule has 0 heterocycles. The summed E-state index contributed by atoms with van der Waals surface area (Å²) in [6.45, 7) is 6.52. The summed E-state index contributed by atoms with van der Waals surface area (Å²) in [6.07, 6.45) is 0. The minimum Gasteiger partial charge on any atom is -0.494 e. The Labute approximate surface area is 183 Å². The minimum absolute atomic E-state index is 0.0508. The van der Waals surface area contributed by atoms with E-state index in [9.17, 15) is 14.4 Å². The van der Waals surface area contributed by atoms with Crippen LogP contribution < -0.4 is 25.6 Å². The third-order valence-corrected chi connectivity index (χ3v) is 4.24. The Hall–Kier alpha value is -3.39. The summed E-state index contributed by atoms with van der Waals surface area (Å²) in [5, 5.41) is 8.40. The number of nitrogens with one attached hydrogen (secondary N) is 4. The Morgan fingerprint density at radius 1 is 0.935 bits per heavy atom. The summed E-state index contributed by atoms with van der Waals surface area (Å²) < 4.78 is 5.40. The Morgan fingerprint density at radius 3 is 2.23 bits per heavy atom. The molecule has 0 fully saturated rings. The third-order valence-electron chi connectivity index (χ3n) is 4.24. The number of ether oxygens (including phenoxy) is 1. The maximum atomic E-state index is 12.7. The molecule has 4 N–H and O–H groups in total. The van der Waals surface area contributed by atoms with Gasteiger partial charge in [0.15, 0.2) is 13.1 Å². The summed E-state index contributed by atoms with van der Waals surface area (Å²) >= 11 is 0. The number of likely N-dealkylation sites (N-methyl/N-ethyl adjacent to an activating group) is 1. The number of quaternary nitrogens is 1. The van der Waals surface area contributed by atoms with E-state index >= 15 is 0 Å². The molecule has 0 bridgehead atoms. The van der Waals surface area contributed by atoms with Gasteiger partial charge in [-0.2, -0.15) is 0 Å². The van der Waals surface area contributed by atoms with Crippen LogP contribution in [0.15, 0.2) is 48.5 Å². The smallest absolute Gasteiger partial charge is 0.279 e. The van der Waals surface area contributed by atoms with E-state index in [1.54, 1.807) is 55.6 Å². The third kappa shape index (κ3) is 8.10. The van der Waals surface area contributed by atoms with E-state index in [0.717, 1.165) is 10.6 Å². The van der Waals surface area contributed by atoms with Gasteiger partial charge < -0.3 is 25.6 Å². The molecule has 166 valence electrons. The van der Waals surface area contributed by atoms with Crippen LogP contribution in [-0.2, 0) is 9.59 Å². The maximum absolute atomic E-state index is 12.7. The number of amides is 3. The molecule has 0 aliphatic carbocycles. The number of hydrogen-bond donors (Lipinski definition) is 4. The summed E-state index contributed by atoms with van der Waals surface area (Å²) in [5.41, 5.74) is 1.38. The van der Waals surface area contributed by atoms with Crippen molar-refractivity contribution in [3.8, 4) is 5.75 Å². The van der Waals surface area contributed by atoms with Gasteiger partial charge in [-0.1, -0.05) is 12.1 Å².